The van der Waals surface area contributed by atoms with E-state index in [1.165, 1.54) is 14.0 Å². The molecule has 0 aromatic heterocycles. The summed E-state index contributed by atoms with van der Waals surface area (Å²) in [6, 6.07) is 0. The number of Topliss-reactive ketones (excluding diaryl/α,β-unsaturated/α-hetero) is 1. The lowest BCUT2D eigenvalue weighted by Crippen LogP contribution is -2.63. The fourth-order valence-electron chi connectivity index (χ4n) is 6.56. The first-order valence-electron chi connectivity index (χ1n) is 11.1. The van der Waals surface area contributed by atoms with Crippen molar-refractivity contribution in [3.8, 4) is 0 Å². The zero-order valence-corrected chi connectivity index (χ0v) is 18.8. The number of hydrogen-bond donors (Lipinski definition) is 1. The molecule has 1 N–H and O–H groups in total. The maximum atomic E-state index is 13.7. The minimum atomic E-state index is -1.07. The SMILES string of the molecule is COC(=O)[C@@H]1C[C@H](OC(C)=O)C(=O)C2[C@@](C)(CCC3CCOC3)C(C(=O)O)CC[C@]21C. The van der Waals surface area contributed by atoms with Crippen LogP contribution >= 0.6 is 0 Å². The van der Waals surface area contributed by atoms with Crippen molar-refractivity contribution in [2.45, 2.75) is 65.4 Å². The maximum absolute atomic E-state index is 13.7. The van der Waals surface area contributed by atoms with Crippen molar-refractivity contribution in [3.05, 3.63) is 0 Å². The summed E-state index contributed by atoms with van der Waals surface area (Å²) in [6.45, 7) is 6.34. The molecule has 3 aliphatic rings. The lowest BCUT2D eigenvalue weighted by molar-refractivity contribution is -0.193. The van der Waals surface area contributed by atoms with E-state index >= 15 is 0 Å². The lowest BCUT2D eigenvalue weighted by atomic mass is 9.43. The summed E-state index contributed by atoms with van der Waals surface area (Å²) in [5.74, 6) is -3.99. The van der Waals surface area contributed by atoms with Gasteiger partial charge < -0.3 is 19.3 Å². The Balaban J connectivity index is 2.04. The Bertz CT molecular complexity index is 742. The van der Waals surface area contributed by atoms with Crippen LogP contribution in [0.25, 0.3) is 0 Å². The molecule has 0 aromatic rings. The highest BCUT2D eigenvalue weighted by molar-refractivity contribution is 5.92. The summed E-state index contributed by atoms with van der Waals surface area (Å²) >= 11 is 0. The van der Waals surface area contributed by atoms with Gasteiger partial charge in [-0.2, -0.15) is 0 Å². The molecule has 8 nitrogen and oxygen atoms in total. The summed E-state index contributed by atoms with van der Waals surface area (Å²) in [4.78, 5) is 50.4. The highest BCUT2D eigenvalue weighted by Crippen LogP contribution is 2.63. The molecule has 3 rings (SSSR count). The number of carbonyl (C=O) groups excluding carboxylic acids is 3. The molecule has 174 valence electrons. The summed E-state index contributed by atoms with van der Waals surface area (Å²) in [6.07, 6.45) is 2.02. The molecule has 1 aliphatic heterocycles. The van der Waals surface area contributed by atoms with E-state index in [2.05, 4.69) is 0 Å². The Hall–Kier alpha value is -1.96. The maximum Gasteiger partial charge on any atom is 0.309 e. The minimum Gasteiger partial charge on any atom is -0.481 e. The topological polar surface area (TPSA) is 116 Å². The van der Waals surface area contributed by atoms with Crippen molar-refractivity contribution in [2.24, 2.45) is 34.5 Å². The van der Waals surface area contributed by atoms with Crippen LogP contribution in [0.2, 0.25) is 0 Å². The summed E-state index contributed by atoms with van der Waals surface area (Å²) < 4.78 is 15.9. The molecule has 0 radical (unpaired) electrons. The van der Waals surface area contributed by atoms with E-state index in [1.807, 2.05) is 13.8 Å². The Morgan fingerprint density at radius 2 is 1.90 bits per heavy atom. The molecule has 3 unspecified atom stereocenters. The van der Waals surface area contributed by atoms with E-state index < -0.39 is 52.6 Å². The predicted octanol–water partition coefficient (Wildman–Crippen LogP) is 2.62. The standard InChI is InChI=1S/C23H34O8/c1-13(24)31-17-11-16(21(28)29-4)23(3)9-6-15(20(26)27)22(2,19(23)18(17)25)8-5-14-7-10-30-12-14/h14-17,19H,5-12H2,1-4H3,(H,26,27)/t14?,15?,16-,17-,19?,22-,23-/m0/s1. The van der Waals surface area contributed by atoms with Crippen molar-refractivity contribution >= 4 is 23.7 Å². The predicted molar refractivity (Wildman–Crippen MR) is 109 cm³/mol. The van der Waals surface area contributed by atoms with Crippen LogP contribution in [0.15, 0.2) is 0 Å². The van der Waals surface area contributed by atoms with E-state index in [4.69, 9.17) is 14.2 Å². The van der Waals surface area contributed by atoms with Gasteiger partial charge in [0.25, 0.3) is 0 Å². The minimum absolute atomic E-state index is 0.0718. The average Bonchev–Trinajstić information content (AvgIpc) is 3.21. The Morgan fingerprint density at radius 3 is 2.45 bits per heavy atom. The van der Waals surface area contributed by atoms with Crippen molar-refractivity contribution in [2.75, 3.05) is 20.3 Å². The van der Waals surface area contributed by atoms with Gasteiger partial charge >= 0.3 is 17.9 Å². The number of carboxylic acid groups (broad SMARTS) is 1. The van der Waals surface area contributed by atoms with Gasteiger partial charge in [0.1, 0.15) is 0 Å². The van der Waals surface area contributed by atoms with Crippen LogP contribution in [-0.4, -0.2) is 55.2 Å². The lowest BCUT2D eigenvalue weighted by Gasteiger charge is -2.59. The molecule has 0 aromatic carbocycles. The number of carboxylic acids is 1. The van der Waals surface area contributed by atoms with Gasteiger partial charge in [0.2, 0.25) is 0 Å². The number of methoxy groups -OCH3 is 1. The van der Waals surface area contributed by atoms with E-state index in [9.17, 15) is 24.3 Å². The van der Waals surface area contributed by atoms with E-state index in [0.29, 0.717) is 38.4 Å². The van der Waals surface area contributed by atoms with Gasteiger partial charge in [-0.1, -0.05) is 13.8 Å². The molecule has 0 bridgehead atoms. The largest absolute Gasteiger partial charge is 0.481 e. The van der Waals surface area contributed by atoms with Crippen LogP contribution in [0.4, 0.5) is 0 Å². The van der Waals surface area contributed by atoms with Crippen LogP contribution in [-0.2, 0) is 33.4 Å². The Morgan fingerprint density at radius 1 is 1.19 bits per heavy atom. The normalized spacial score (nSPS) is 40.1. The van der Waals surface area contributed by atoms with E-state index in [1.54, 1.807) is 0 Å². The zero-order valence-electron chi connectivity index (χ0n) is 18.8. The number of carbonyl (C=O) groups is 4. The number of ketones is 1. The molecular formula is C23H34O8. The van der Waals surface area contributed by atoms with Crippen molar-refractivity contribution in [1.82, 2.24) is 0 Å². The average molecular weight is 439 g/mol. The number of rotatable bonds is 6. The Labute approximate surface area is 183 Å². The molecule has 2 saturated carbocycles. The second-order valence-electron chi connectivity index (χ2n) is 9.95. The molecule has 7 atom stereocenters. The van der Waals surface area contributed by atoms with Gasteiger partial charge in [-0.15, -0.1) is 0 Å². The number of fused-ring (bicyclic) bond motifs is 1. The number of hydrogen-bond acceptors (Lipinski definition) is 7. The molecule has 0 amide bonds. The third-order valence-electron chi connectivity index (χ3n) is 8.14. The first-order valence-corrected chi connectivity index (χ1v) is 11.1. The third kappa shape index (κ3) is 4.23. The van der Waals surface area contributed by atoms with Crippen molar-refractivity contribution in [1.29, 1.82) is 0 Å². The number of ether oxygens (including phenoxy) is 3. The molecule has 1 heterocycles. The summed E-state index contributed by atoms with van der Waals surface area (Å²) in [5, 5.41) is 10.0. The molecule has 1 saturated heterocycles. The highest BCUT2D eigenvalue weighted by atomic mass is 16.5. The molecule has 0 spiro atoms. The first-order chi connectivity index (χ1) is 14.5. The van der Waals surface area contributed by atoms with Gasteiger partial charge in [0.15, 0.2) is 11.9 Å². The molecule has 3 fully saturated rings. The van der Waals surface area contributed by atoms with E-state index in [0.717, 1.165) is 12.8 Å². The van der Waals surface area contributed by atoms with Gasteiger partial charge in [0, 0.05) is 32.5 Å². The second-order valence-corrected chi connectivity index (χ2v) is 9.95. The van der Waals surface area contributed by atoms with Crippen LogP contribution in [0.1, 0.15) is 59.3 Å². The van der Waals surface area contributed by atoms with Gasteiger partial charge in [-0.3, -0.25) is 19.2 Å². The molecule has 8 heteroatoms. The Kier molecular flexibility index (Phi) is 6.79. The number of esters is 2. The van der Waals surface area contributed by atoms with Crippen molar-refractivity contribution < 1.29 is 38.5 Å². The molecule has 31 heavy (non-hydrogen) atoms. The van der Waals surface area contributed by atoms with Gasteiger partial charge in [-0.25, -0.2) is 0 Å². The fraction of sp³-hybridized carbons (Fsp3) is 0.826. The van der Waals surface area contributed by atoms with E-state index in [-0.39, 0.29) is 12.2 Å². The van der Waals surface area contributed by atoms with Gasteiger partial charge in [-0.05, 0) is 48.9 Å². The highest BCUT2D eigenvalue weighted by Gasteiger charge is 2.65. The second kappa shape index (κ2) is 8.88. The fourth-order valence-corrected chi connectivity index (χ4v) is 6.56. The summed E-state index contributed by atoms with van der Waals surface area (Å²) in [7, 11) is 1.31. The van der Waals surface area contributed by atoms with Gasteiger partial charge in [0.05, 0.1) is 18.9 Å². The first kappa shape index (κ1) is 23.7. The van der Waals surface area contributed by atoms with Crippen LogP contribution in [0.3, 0.4) is 0 Å². The molecule has 2 aliphatic carbocycles. The van der Waals surface area contributed by atoms with Crippen LogP contribution in [0.5, 0.6) is 0 Å². The third-order valence-corrected chi connectivity index (χ3v) is 8.14. The van der Waals surface area contributed by atoms with Crippen molar-refractivity contribution in [3.63, 3.8) is 0 Å². The van der Waals surface area contributed by atoms with Crippen LogP contribution < -0.4 is 0 Å². The number of aliphatic carboxylic acids is 1. The monoisotopic (exact) mass is 438 g/mol. The quantitative estimate of drug-likeness (QED) is 0.629. The van der Waals surface area contributed by atoms with Crippen LogP contribution in [0, 0.1) is 34.5 Å². The molecular weight excluding hydrogens is 404 g/mol. The summed E-state index contributed by atoms with van der Waals surface area (Å²) in [5.41, 5.74) is -1.63. The smallest absolute Gasteiger partial charge is 0.309 e. The zero-order chi connectivity index (χ0) is 23.0.